The Labute approximate surface area is 100 Å². The maximum atomic E-state index is 13.4. The molecule has 1 aromatic carbocycles. The average molecular weight is 258 g/mol. The van der Waals surface area contributed by atoms with Crippen LogP contribution < -0.4 is 10.5 Å². The lowest BCUT2D eigenvalue weighted by molar-refractivity contribution is 0.574. The molecule has 0 amide bonds. The Morgan fingerprint density at radius 2 is 2.06 bits per heavy atom. The SMILES string of the molecule is Cc1c(N)cc(S(=O)(=O)NC2CC2C)cc1F. The number of nitrogen functional groups attached to an aromatic ring is 1. The first-order valence-corrected chi connectivity index (χ1v) is 6.87. The van der Waals surface area contributed by atoms with Crippen molar-refractivity contribution in [2.24, 2.45) is 5.92 Å². The molecule has 0 radical (unpaired) electrons. The third kappa shape index (κ3) is 2.42. The van der Waals surface area contributed by atoms with Gasteiger partial charge in [0.1, 0.15) is 5.82 Å². The van der Waals surface area contributed by atoms with Crippen LogP contribution in [0.3, 0.4) is 0 Å². The summed E-state index contributed by atoms with van der Waals surface area (Å²) in [6, 6.07) is 2.25. The van der Waals surface area contributed by atoms with E-state index in [1.54, 1.807) is 0 Å². The first-order chi connectivity index (χ1) is 7.81. The number of anilines is 1. The zero-order chi connectivity index (χ0) is 12.8. The average Bonchev–Trinajstić information content (AvgIpc) is 2.89. The monoisotopic (exact) mass is 258 g/mol. The number of rotatable bonds is 3. The van der Waals surface area contributed by atoms with Gasteiger partial charge in [0.15, 0.2) is 0 Å². The van der Waals surface area contributed by atoms with Gasteiger partial charge < -0.3 is 5.73 Å². The van der Waals surface area contributed by atoms with Crippen LogP contribution in [0.1, 0.15) is 18.9 Å². The van der Waals surface area contributed by atoms with Crippen LogP contribution in [0.25, 0.3) is 0 Å². The minimum Gasteiger partial charge on any atom is -0.398 e. The van der Waals surface area contributed by atoms with Crippen LogP contribution in [0.2, 0.25) is 0 Å². The summed E-state index contributed by atoms with van der Waals surface area (Å²) < 4.78 is 39.8. The standard InChI is InChI=1S/C11H15FN2O2S/c1-6-3-11(6)14-17(15,16)8-4-9(12)7(2)10(13)5-8/h4-6,11,14H,3,13H2,1-2H3. The molecule has 17 heavy (non-hydrogen) atoms. The van der Waals surface area contributed by atoms with E-state index >= 15 is 0 Å². The fraction of sp³-hybridized carbons (Fsp3) is 0.455. The van der Waals surface area contributed by atoms with Crippen molar-refractivity contribution < 1.29 is 12.8 Å². The highest BCUT2D eigenvalue weighted by molar-refractivity contribution is 7.89. The summed E-state index contributed by atoms with van der Waals surface area (Å²) in [5.74, 6) is -0.258. The highest BCUT2D eigenvalue weighted by Crippen LogP contribution is 2.31. The number of benzene rings is 1. The molecule has 0 bridgehead atoms. The third-order valence-corrected chi connectivity index (χ3v) is 4.55. The first-order valence-electron chi connectivity index (χ1n) is 5.39. The molecule has 3 N–H and O–H groups in total. The number of hydrogen-bond donors (Lipinski definition) is 2. The van der Waals surface area contributed by atoms with Gasteiger partial charge in [-0.1, -0.05) is 6.92 Å². The summed E-state index contributed by atoms with van der Waals surface area (Å²) in [7, 11) is -3.66. The topological polar surface area (TPSA) is 72.2 Å². The van der Waals surface area contributed by atoms with Crippen molar-refractivity contribution in [1.29, 1.82) is 0 Å². The Kier molecular flexibility index (Phi) is 2.87. The zero-order valence-electron chi connectivity index (χ0n) is 9.70. The van der Waals surface area contributed by atoms with Gasteiger partial charge in [-0.3, -0.25) is 0 Å². The maximum absolute atomic E-state index is 13.4. The van der Waals surface area contributed by atoms with Gasteiger partial charge in [-0.05, 0) is 31.4 Å². The smallest absolute Gasteiger partial charge is 0.241 e. The van der Waals surface area contributed by atoms with Crippen molar-refractivity contribution >= 4 is 15.7 Å². The maximum Gasteiger partial charge on any atom is 0.241 e. The number of nitrogens with one attached hydrogen (secondary N) is 1. The zero-order valence-corrected chi connectivity index (χ0v) is 10.5. The van der Waals surface area contributed by atoms with Crippen LogP contribution in [0.4, 0.5) is 10.1 Å². The van der Waals surface area contributed by atoms with Crippen molar-refractivity contribution in [2.45, 2.75) is 31.2 Å². The Balaban J connectivity index is 2.33. The van der Waals surface area contributed by atoms with Gasteiger partial charge in [-0.2, -0.15) is 0 Å². The van der Waals surface area contributed by atoms with E-state index in [-0.39, 0.29) is 22.2 Å². The largest absolute Gasteiger partial charge is 0.398 e. The summed E-state index contributed by atoms with van der Waals surface area (Å²) in [5.41, 5.74) is 5.97. The molecule has 4 nitrogen and oxygen atoms in total. The molecule has 2 rings (SSSR count). The second kappa shape index (κ2) is 3.96. The number of nitrogens with two attached hydrogens (primary N) is 1. The normalized spacial score (nSPS) is 23.7. The predicted molar refractivity (Wildman–Crippen MR) is 63.4 cm³/mol. The van der Waals surface area contributed by atoms with E-state index in [0.717, 1.165) is 12.5 Å². The molecule has 0 spiro atoms. The first kappa shape index (κ1) is 12.3. The minimum absolute atomic E-state index is 0.0365. The van der Waals surface area contributed by atoms with E-state index in [1.807, 2.05) is 6.92 Å². The van der Waals surface area contributed by atoms with Crippen LogP contribution in [-0.4, -0.2) is 14.5 Å². The van der Waals surface area contributed by atoms with Gasteiger partial charge in [0.25, 0.3) is 0 Å². The van der Waals surface area contributed by atoms with E-state index in [1.165, 1.54) is 13.0 Å². The van der Waals surface area contributed by atoms with Gasteiger partial charge in [0.05, 0.1) is 4.90 Å². The fourth-order valence-electron chi connectivity index (χ4n) is 1.58. The number of halogens is 1. The quantitative estimate of drug-likeness (QED) is 0.805. The van der Waals surface area contributed by atoms with Crippen molar-refractivity contribution in [2.75, 3.05) is 5.73 Å². The third-order valence-electron chi connectivity index (χ3n) is 3.08. The molecule has 1 saturated carbocycles. The fourth-order valence-corrected chi connectivity index (χ4v) is 2.99. The molecule has 1 aromatic rings. The summed E-state index contributed by atoms with van der Waals surface area (Å²) in [6.45, 7) is 3.47. The number of sulfonamides is 1. The van der Waals surface area contributed by atoms with Gasteiger partial charge in [-0.25, -0.2) is 17.5 Å². The van der Waals surface area contributed by atoms with E-state index in [2.05, 4.69) is 4.72 Å². The van der Waals surface area contributed by atoms with Gasteiger partial charge >= 0.3 is 0 Å². The molecule has 0 aromatic heterocycles. The Morgan fingerprint density at radius 1 is 1.47 bits per heavy atom. The van der Waals surface area contributed by atoms with Crippen LogP contribution in [0.15, 0.2) is 17.0 Å². The second-order valence-corrected chi connectivity index (χ2v) is 6.27. The van der Waals surface area contributed by atoms with Crippen molar-refractivity contribution in [3.63, 3.8) is 0 Å². The van der Waals surface area contributed by atoms with Crippen molar-refractivity contribution in [3.8, 4) is 0 Å². The Hall–Kier alpha value is -1.14. The minimum atomic E-state index is -3.66. The Bertz CT molecular complexity index is 534. The molecule has 94 valence electrons. The predicted octanol–water partition coefficient (Wildman–Crippen LogP) is 1.40. The van der Waals surface area contributed by atoms with E-state index < -0.39 is 15.8 Å². The van der Waals surface area contributed by atoms with Crippen LogP contribution in [-0.2, 0) is 10.0 Å². The molecule has 0 aliphatic heterocycles. The summed E-state index contributed by atoms with van der Waals surface area (Å²) in [6.07, 6.45) is 0.822. The highest BCUT2D eigenvalue weighted by Gasteiger charge is 2.36. The lowest BCUT2D eigenvalue weighted by Gasteiger charge is -2.09. The highest BCUT2D eigenvalue weighted by atomic mass is 32.2. The summed E-state index contributed by atoms with van der Waals surface area (Å²) in [5, 5.41) is 0. The van der Waals surface area contributed by atoms with Crippen LogP contribution in [0, 0.1) is 18.7 Å². The molecule has 1 fully saturated rings. The summed E-state index contributed by atoms with van der Waals surface area (Å²) >= 11 is 0. The van der Waals surface area contributed by atoms with E-state index in [9.17, 15) is 12.8 Å². The summed E-state index contributed by atoms with van der Waals surface area (Å²) in [4.78, 5) is -0.114. The van der Waals surface area contributed by atoms with E-state index in [4.69, 9.17) is 5.73 Å². The molecule has 6 heteroatoms. The molecule has 2 atom stereocenters. The molecular formula is C11H15FN2O2S. The molecule has 0 heterocycles. The van der Waals surface area contributed by atoms with Crippen LogP contribution >= 0.6 is 0 Å². The number of hydrogen-bond acceptors (Lipinski definition) is 3. The van der Waals surface area contributed by atoms with Gasteiger partial charge in [-0.15, -0.1) is 0 Å². The lowest BCUT2D eigenvalue weighted by atomic mass is 10.2. The Morgan fingerprint density at radius 3 is 2.53 bits per heavy atom. The molecule has 2 unspecified atom stereocenters. The van der Waals surface area contributed by atoms with Gasteiger partial charge in [0, 0.05) is 17.3 Å². The molecule has 0 saturated heterocycles. The van der Waals surface area contributed by atoms with Gasteiger partial charge in [0.2, 0.25) is 10.0 Å². The molecule has 1 aliphatic carbocycles. The van der Waals surface area contributed by atoms with Crippen molar-refractivity contribution in [3.05, 3.63) is 23.5 Å². The van der Waals surface area contributed by atoms with Crippen LogP contribution in [0.5, 0.6) is 0 Å². The second-order valence-electron chi connectivity index (χ2n) is 4.56. The molecule has 1 aliphatic rings. The van der Waals surface area contributed by atoms with Crippen molar-refractivity contribution in [1.82, 2.24) is 4.72 Å². The lowest BCUT2D eigenvalue weighted by Crippen LogP contribution is -2.27. The van der Waals surface area contributed by atoms with E-state index in [0.29, 0.717) is 5.92 Å². The molecular weight excluding hydrogens is 243 g/mol.